The monoisotopic (exact) mass is 275 g/mol. The SMILES string of the molecule is CCC1NCCN(CC(=O)Nc2cccc(C)c2)C1=O. The van der Waals surface area contributed by atoms with Gasteiger partial charge in [0.1, 0.15) is 0 Å². The number of anilines is 1. The lowest BCUT2D eigenvalue weighted by Gasteiger charge is -2.32. The van der Waals surface area contributed by atoms with Crippen molar-refractivity contribution in [2.24, 2.45) is 0 Å². The molecule has 2 N–H and O–H groups in total. The Hall–Kier alpha value is -1.88. The highest BCUT2D eigenvalue weighted by Crippen LogP contribution is 2.10. The number of nitrogens with one attached hydrogen (secondary N) is 2. The molecule has 5 heteroatoms. The zero-order valence-electron chi connectivity index (χ0n) is 12.0. The van der Waals surface area contributed by atoms with E-state index in [2.05, 4.69) is 10.6 Å². The van der Waals surface area contributed by atoms with E-state index < -0.39 is 0 Å². The summed E-state index contributed by atoms with van der Waals surface area (Å²) in [5, 5.41) is 5.99. The Kier molecular flexibility index (Phi) is 4.74. The van der Waals surface area contributed by atoms with Crippen molar-refractivity contribution >= 4 is 17.5 Å². The second-order valence-corrected chi connectivity index (χ2v) is 5.09. The summed E-state index contributed by atoms with van der Waals surface area (Å²) in [4.78, 5) is 25.7. The van der Waals surface area contributed by atoms with Crippen molar-refractivity contribution in [1.29, 1.82) is 0 Å². The van der Waals surface area contributed by atoms with Crippen LogP contribution >= 0.6 is 0 Å². The number of nitrogens with zero attached hydrogens (tertiary/aromatic N) is 1. The number of carbonyl (C=O) groups is 2. The Morgan fingerprint density at radius 3 is 3.00 bits per heavy atom. The van der Waals surface area contributed by atoms with Gasteiger partial charge in [-0.15, -0.1) is 0 Å². The molecule has 1 heterocycles. The molecule has 0 bridgehead atoms. The van der Waals surface area contributed by atoms with Gasteiger partial charge < -0.3 is 15.5 Å². The first kappa shape index (κ1) is 14.5. The smallest absolute Gasteiger partial charge is 0.243 e. The molecular formula is C15H21N3O2. The van der Waals surface area contributed by atoms with Crippen LogP contribution in [0.4, 0.5) is 5.69 Å². The van der Waals surface area contributed by atoms with Gasteiger partial charge in [0.25, 0.3) is 0 Å². The number of hydrogen-bond donors (Lipinski definition) is 2. The van der Waals surface area contributed by atoms with Gasteiger partial charge in [-0.25, -0.2) is 0 Å². The van der Waals surface area contributed by atoms with Crippen LogP contribution in [0.3, 0.4) is 0 Å². The summed E-state index contributed by atoms with van der Waals surface area (Å²) >= 11 is 0. The summed E-state index contributed by atoms with van der Waals surface area (Å²) in [6, 6.07) is 7.47. The maximum atomic E-state index is 12.1. The minimum Gasteiger partial charge on any atom is -0.331 e. The summed E-state index contributed by atoms with van der Waals surface area (Å²) in [5.74, 6) is -0.140. The van der Waals surface area contributed by atoms with E-state index in [0.29, 0.717) is 6.54 Å². The average Bonchev–Trinajstić information content (AvgIpc) is 2.41. The molecule has 0 aliphatic carbocycles. The van der Waals surface area contributed by atoms with Crippen molar-refractivity contribution < 1.29 is 9.59 Å². The van der Waals surface area contributed by atoms with E-state index in [9.17, 15) is 9.59 Å². The molecule has 1 unspecified atom stereocenters. The molecule has 1 aromatic rings. The Morgan fingerprint density at radius 1 is 1.50 bits per heavy atom. The highest BCUT2D eigenvalue weighted by atomic mass is 16.2. The van der Waals surface area contributed by atoms with E-state index in [1.165, 1.54) is 0 Å². The van der Waals surface area contributed by atoms with Crippen LogP contribution < -0.4 is 10.6 Å². The molecule has 2 rings (SSSR count). The molecule has 1 aliphatic rings. The van der Waals surface area contributed by atoms with E-state index in [4.69, 9.17) is 0 Å². The second kappa shape index (κ2) is 6.52. The first-order valence-electron chi connectivity index (χ1n) is 6.99. The van der Waals surface area contributed by atoms with Crippen LogP contribution in [0.5, 0.6) is 0 Å². The summed E-state index contributed by atoms with van der Waals surface area (Å²) in [5.41, 5.74) is 1.86. The van der Waals surface area contributed by atoms with E-state index in [0.717, 1.165) is 24.2 Å². The molecule has 1 aliphatic heterocycles. The molecule has 1 atom stereocenters. The Morgan fingerprint density at radius 2 is 2.30 bits per heavy atom. The van der Waals surface area contributed by atoms with Gasteiger partial charge >= 0.3 is 0 Å². The van der Waals surface area contributed by atoms with Crippen molar-refractivity contribution in [3.05, 3.63) is 29.8 Å². The van der Waals surface area contributed by atoms with Crippen LogP contribution in [0.15, 0.2) is 24.3 Å². The summed E-state index contributed by atoms with van der Waals surface area (Å²) in [6.45, 7) is 5.37. The van der Waals surface area contributed by atoms with Gasteiger partial charge in [0, 0.05) is 18.8 Å². The summed E-state index contributed by atoms with van der Waals surface area (Å²) < 4.78 is 0. The fourth-order valence-corrected chi connectivity index (χ4v) is 2.36. The lowest BCUT2D eigenvalue weighted by atomic mass is 10.1. The topological polar surface area (TPSA) is 61.4 Å². The summed E-state index contributed by atoms with van der Waals surface area (Å²) in [6.07, 6.45) is 0.745. The third-order valence-electron chi connectivity index (χ3n) is 3.43. The van der Waals surface area contributed by atoms with E-state index in [1.807, 2.05) is 38.1 Å². The lowest BCUT2D eigenvalue weighted by Crippen LogP contribution is -2.56. The minimum atomic E-state index is -0.157. The number of hydrogen-bond acceptors (Lipinski definition) is 3. The molecule has 20 heavy (non-hydrogen) atoms. The Balaban J connectivity index is 1.92. The molecule has 0 radical (unpaired) electrons. The van der Waals surface area contributed by atoms with Gasteiger partial charge in [-0.3, -0.25) is 9.59 Å². The average molecular weight is 275 g/mol. The van der Waals surface area contributed by atoms with Gasteiger partial charge in [-0.1, -0.05) is 19.1 Å². The molecule has 5 nitrogen and oxygen atoms in total. The molecule has 1 fully saturated rings. The molecule has 2 amide bonds. The minimum absolute atomic E-state index is 0.0122. The molecule has 1 saturated heterocycles. The van der Waals surface area contributed by atoms with Crippen LogP contribution in [0.25, 0.3) is 0 Å². The van der Waals surface area contributed by atoms with Gasteiger partial charge in [0.15, 0.2) is 0 Å². The predicted molar refractivity (Wildman–Crippen MR) is 78.5 cm³/mol. The van der Waals surface area contributed by atoms with Crippen molar-refractivity contribution in [2.45, 2.75) is 26.3 Å². The Labute approximate surface area is 119 Å². The predicted octanol–water partition coefficient (Wildman–Crippen LogP) is 1.14. The highest BCUT2D eigenvalue weighted by Gasteiger charge is 2.27. The summed E-state index contributed by atoms with van der Waals surface area (Å²) in [7, 11) is 0. The van der Waals surface area contributed by atoms with Crippen LogP contribution in [-0.4, -0.2) is 42.4 Å². The third kappa shape index (κ3) is 3.57. The highest BCUT2D eigenvalue weighted by molar-refractivity contribution is 5.95. The third-order valence-corrected chi connectivity index (χ3v) is 3.43. The number of piperazine rings is 1. The van der Waals surface area contributed by atoms with Crippen molar-refractivity contribution in [3.63, 3.8) is 0 Å². The number of carbonyl (C=O) groups excluding carboxylic acids is 2. The molecule has 0 aromatic heterocycles. The largest absolute Gasteiger partial charge is 0.331 e. The lowest BCUT2D eigenvalue weighted by molar-refractivity contribution is -0.138. The van der Waals surface area contributed by atoms with E-state index >= 15 is 0 Å². The first-order chi connectivity index (χ1) is 9.60. The van der Waals surface area contributed by atoms with Crippen LogP contribution in [-0.2, 0) is 9.59 Å². The van der Waals surface area contributed by atoms with Crippen molar-refractivity contribution in [1.82, 2.24) is 10.2 Å². The zero-order valence-corrected chi connectivity index (χ0v) is 12.0. The molecule has 1 aromatic carbocycles. The van der Waals surface area contributed by atoms with Crippen molar-refractivity contribution in [3.8, 4) is 0 Å². The van der Waals surface area contributed by atoms with Crippen LogP contribution in [0.1, 0.15) is 18.9 Å². The first-order valence-corrected chi connectivity index (χ1v) is 6.99. The molecule has 0 saturated carbocycles. The van der Waals surface area contributed by atoms with Gasteiger partial charge in [0.2, 0.25) is 11.8 Å². The van der Waals surface area contributed by atoms with Crippen LogP contribution in [0, 0.1) is 6.92 Å². The van der Waals surface area contributed by atoms with Gasteiger partial charge in [-0.05, 0) is 31.0 Å². The van der Waals surface area contributed by atoms with Gasteiger partial charge in [-0.2, -0.15) is 0 Å². The molecule has 0 spiro atoms. The van der Waals surface area contributed by atoms with Crippen molar-refractivity contribution in [2.75, 3.05) is 25.0 Å². The van der Waals surface area contributed by atoms with Crippen LogP contribution in [0.2, 0.25) is 0 Å². The molecule has 108 valence electrons. The fourth-order valence-electron chi connectivity index (χ4n) is 2.36. The normalized spacial score (nSPS) is 19.0. The maximum absolute atomic E-state index is 12.1. The standard InChI is InChI=1S/C15H21N3O2/c1-3-13-15(20)18(8-7-16-13)10-14(19)17-12-6-4-5-11(2)9-12/h4-6,9,13,16H,3,7-8,10H2,1-2H3,(H,17,19). The zero-order chi connectivity index (χ0) is 14.5. The quantitative estimate of drug-likeness (QED) is 0.866. The van der Waals surface area contributed by atoms with E-state index in [-0.39, 0.29) is 24.4 Å². The maximum Gasteiger partial charge on any atom is 0.243 e. The number of rotatable bonds is 4. The number of benzene rings is 1. The van der Waals surface area contributed by atoms with E-state index in [1.54, 1.807) is 4.90 Å². The Bertz CT molecular complexity index is 502. The number of amides is 2. The van der Waals surface area contributed by atoms with Gasteiger partial charge in [0.05, 0.1) is 12.6 Å². The molecular weight excluding hydrogens is 254 g/mol. The number of aryl methyl sites for hydroxylation is 1. The fraction of sp³-hybridized carbons (Fsp3) is 0.467. The second-order valence-electron chi connectivity index (χ2n) is 5.09.